The summed E-state index contributed by atoms with van der Waals surface area (Å²) in [5, 5.41) is 0. The monoisotopic (exact) mass is 177 g/mol. The van der Waals surface area contributed by atoms with E-state index in [1.54, 1.807) is 0 Å². The Morgan fingerprint density at radius 2 is 1.77 bits per heavy atom. The summed E-state index contributed by atoms with van der Waals surface area (Å²) in [6.07, 6.45) is 6.30. The fourth-order valence-electron chi connectivity index (χ4n) is 2.96. The Hall–Kier alpha value is -0.510. The Morgan fingerprint density at radius 3 is 2.15 bits per heavy atom. The highest BCUT2D eigenvalue weighted by atomic mass is 14.9. The zero-order valence-electron chi connectivity index (χ0n) is 8.98. The fourth-order valence-corrected chi connectivity index (χ4v) is 2.96. The van der Waals surface area contributed by atoms with E-state index in [4.69, 9.17) is 6.57 Å². The fraction of sp³-hybridized carbons (Fsp3) is 0.917. The average Bonchev–Trinajstić information content (AvgIpc) is 1.79. The number of rotatable bonds is 2. The molecule has 0 spiro atoms. The number of hydrogen-bond acceptors (Lipinski definition) is 0. The highest BCUT2D eigenvalue weighted by Crippen LogP contribution is 2.71. The van der Waals surface area contributed by atoms with Crippen LogP contribution in [0.4, 0.5) is 0 Å². The molecule has 0 N–H and O–H groups in total. The molecule has 3 saturated carbocycles. The van der Waals surface area contributed by atoms with Gasteiger partial charge in [-0.25, -0.2) is 6.57 Å². The molecule has 3 fully saturated rings. The molecule has 3 aliphatic carbocycles. The Bertz CT molecular complexity index is 244. The van der Waals surface area contributed by atoms with Gasteiger partial charge < -0.3 is 4.85 Å². The van der Waals surface area contributed by atoms with Crippen LogP contribution in [0.15, 0.2) is 0 Å². The van der Waals surface area contributed by atoms with Crippen molar-refractivity contribution in [2.45, 2.75) is 58.4 Å². The summed E-state index contributed by atoms with van der Waals surface area (Å²) < 4.78 is 0. The second-order valence-corrected chi connectivity index (χ2v) is 6.43. The molecule has 0 aromatic heterocycles. The van der Waals surface area contributed by atoms with Crippen molar-refractivity contribution in [2.24, 2.45) is 10.8 Å². The van der Waals surface area contributed by atoms with Gasteiger partial charge >= 0.3 is 0 Å². The lowest BCUT2D eigenvalue weighted by molar-refractivity contribution is -0.116. The third-order valence-corrected chi connectivity index (χ3v) is 3.75. The molecule has 3 aliphatic rings. The van der Waals surface area contributed by atoms with Crippen LogP contribution in [0.3, 0.4) is 0 Å². The molecule has 3 rings (SSSR count). The summed E-state index contributed by atoms with van der Waals surface area (Å²) in [6.45, 7) is 14.0. The second-order valence-electron chi connectivity index (χ2n) is 6.43. The van der Waals surface area contributed by atoms with E-state index in [-0.39, 0.29) is 5.54 Å². The standard InChI is InChI=1S/C12H19N/c1-10(2,3)5-6-11-7-12(8-11,9-11)13-4/h5-9H2,1-3H3. The first kappa shape index (κ1) is 9.06. The van der Waals surface area contributed by atoms with Gasteiger partial charge in [0.15, 0.2) is 0 Å². The maximum atomic E-state index is 7.06. The van der Waals surface area contributed by atoms with Crippen molar-refractivity contribution >= 4 is 0 Å². The predicted molar refractivity (Wildman–Crippen MR) is 54.3 cm³/mol. The lowest BCUT2D eigenvalue weighted by atomic mass is 9.38. The molecule has 0 saturated heterocycles. The van der Waals surface area contributed by atoms with Crippen molar-refractivity contribution in [2.75, 3.05) is 0 Å². The van der Waals surface area contributed by atoms with Crippen LogP contribution < -0.4 is 0 Å². The van der Waals surface area contributed by atoms with Gasteiger partial charge in [0.05, 0.1) is 0 Å². The molecule has 0 heterocycles. The van der Waals surface area contributed by atoms with Crippen LogP contribution in [-0.4, -0.2) is 5.54 Å². The smallest absolute Gasteiger partial charge is 0.234 e. The quantitative estimate of drug-likeness (QED) is 0.567. The maximum Gasteiger partial charge on any atom is 0.234 e. The Balaban J connectivity index is 1.80. The Kier molecular flexibility index (Phi) is 1.60. The number of nitrogens with zero attached hydrogens (tertiary/aromatic N) is 1. The number of hydrogen-bond donors (Lipinski definition) is 0. The van der Waals surface area contributed by atoms with Crippen LogP contribution in [0.2, 0.25) is 0 Å². The van der Waals surface area contributed by atoms with Crippen LogP contribution in [0.25, 0.3) is 4.85 Å². The van der Waals surface area contributed by atoms with Crippen LogP contribution in [0, 0.1) is 17.4 Å². The predicted octanol–water partition coefficient (Wildman–Crippen LogP) is 3.65. The van der Waals surface area contributed by atoms with Crippen molar-refractivity contribution in [1.29, 1.82) is 0 Å². The summed E-state index contributed by atoms with van der Waals surface area (Å²) in [7, 11) is 0. The minimum atomic E-state index is 0.137. The van der Waals surface area contributed by atoms with Gasteiger partial charge in [0.1, 0.15) is 0 Å². The van der Waals surface area contributed by atoms with Crippen molar-refractivity contribution in [1.82, 2.24) is 0 Å². The summed E-state index contributed by atoms with van der Waals surface area (Å²) in [4.78, 5) is 3.73. The van der Waals surface area contributed by atoms with E-state index in [2.05, 4.69) is 25.6 Å². The molecule has 0 unspecified atom stereocenters. The second kappa shape index (κ2) is 2.29. The van der Waals surface area contributed by atoms with Gasteiger partial charge in [-0.15, -0.1) is 0 Å². The molecule has 13 heavy (non-hydrogen) atoms. The lowest BCUT2D eigenvalue weighted by Gasteiger charge is -2.62. The van der Waals surface area contributed by atoms with E-state index in [1.807, 2.05) is 0 Å². The summed E-state index contributed by atoms with van der Waals surface area (Å²) in [5.41, 5.74) is 1.23. The third-order valence-electron chi connectivity index (χ3n) is 3.75. The van der Waals surface area contributed by atoms with Gasteiger partial charge in [-0.05, 0) is 23.7 Å². The van der Waals surface area contributed by atoms with E-state index in [1.165, 1.54) is 32.1 Å². The molecule has 0 aliphatic heterocycles. The molecule has 0 amide bonds. The van der Waals surface area contributed by atoms with Gasteiger partial charge in [0.25, 0.3) is 0 Å². The molecule has 1 heteroatoms. The molecule has 72 valence electrons. The SMILES string of the molecule is [C-]#[N+]C12CC(CCC(C)(C)C)(C1)C2. The zero-order valence-corrected chi connectivity index (χ0v) is 8.98. The Labute approximate surface area is 81.3 Å². The first-order valence-electron chi connectivity index (χ1n) is 5.28. The van der Waals surface area contributed by atoms with Crippen molar-refractivity contribution in [3.8, 4) is 0 Å². The molecule has 0 radical (unpaired) electrons. The molecule has 0 aromatic carbocycles. The summed E-state index contributed by atoms with van der Waals surface area (Å²) in [6, 6.07) is 0. The zero-order chi connectivity index (χ0) is 9.74. The van der Waals surface area contributed by atoms with E-state index in [0.717, 1.165) is 0 Å². The van der Waals surface area contributed by atoms with Crippen molar-refractivity contribution < 1.29 is 0 Å². The van der Waals surface area contributed by atoms with Crippen molar-refractivity contribution in [3.05, 3.63) is 11.4 Å². The van der Waals surface area contributed by atoms with Crippen LogP contribution >= 0.6 is 0 Å². The maximum absolute atomic E-state index is 7.06. The van der Waals surface area contributed by atoms with Crippen LogP contribution in [0.1, 0.15) is 52.9 Å². The van der Waals surface area contributed by atoms with E-state index in [9.17, 15) is 0 Å². The molecular weight excluding hydrogens is 158 g/mol. The van der Waals surface area contributed by atoms with Gasteiger partial charge in [-0.2, -0.15) is 0 Å². The average molecular weight is 177 g/mol. The van der Waals surface area contributed by atoms with Crippen LogP contribution in [-0.2, 0) is 0 Å². The Morgan fingerprint density at radius 1 is 1.23 bits per heavy atom. The van der Waals surface area contributed by atoms with Gasteiger partial charge in [-0.3, -0.25) is 0 Å². The van der Waals surface area contributed by atoms with E-state index >= 15 is 0 Å². The molecule has 0 aromatic rings. The van der Waals surface area contributed by atoms with Crippen LogP contribution in [0.5, 0.6) is 0 Å². The van der Waals surface area contributed by atoms with Crippen molar-refractivity contribution in [3.63, 3.8) is 0 Å². The minimum Gasteiger partial charge on any atom is -0.310 e. The highest BCUT2D eigenvalue weighted by molar-refractivity contribution is 5.28. The van der Waals surface area contributed by atoms with E-state index < -0.39 is 0 Å². The lowest BCUT2D eigenvalue weighted by Crippen LogP contribution is -2.65. The summed E-state index contributed by atoms with van der Waals surface area (Å²) >= 11 is 0. The molecule has 0 atom stereocenters. The molecule has 2 bridgehead atoms. The minimum absolute atomic E-state index is 0.137. The molecular formula is C12H19N. The normalized spacial score (nSPS) is 41.7. The highest BCUT2D eigenvalue weighted by Gasteiger charge is 2.73. The van der Waals surface area contributed by atoms with Gasteiger partial charge in [-0.1, -0.05) is 20.8 Å². The van der Waals surface area contributed by atoms with Gasteiger partial charge in [0, 0.05) is 19.3 Å². The third kappa shape index (κ3) is 1.37. The first-order valence-corrected chi connectivity index (χ1v) is 5.28. The largest absolute Gasteiger partial charge is 0.310 e. The van der Waals surface area contributed by atoms with Gasteiger partial charge in [0.2, 0.25) is 5.54 Å². The topological polar surface area (TPSA) is 4.36 Å². The molecule has 1 nitrogen and oxygen atoms in total. The summed E-state index contributed by atoms with van der Waals surface area (Å²) in [5.74, 6) is 0. The first-order chi connectivity index (χ1) is 5.89. The van der Waals surface area contributed by atoms with E-state index in [0.29, 0.717) is 10.8 Å².